The van der Waals surface area contributed by atoms with Gasteiger partial charge in [-0.3, -0.25) is 9.59 Å². The van der Waals surface area contributed by atoms with E-state index in [0.717, 1.165) is 17.5 Å². The lowest BCUT2D eigenvalue weighted by Gasteiger charge is -2.24. The average Bonchev–Trinajstić information content (AvgIpc) is 3.42. The van der Waals surface area contributed by atoms with Gasteiger partial charge in [-0.2, -0.15) is 0 Å². The van der Waals surface area contributed by atoms with Gasteiger partial charge in [-0.15, -0.1) is 0 Å². The van der Waals surface area contributed by atoms with Gasteiger partial charge < -0.3 is 20.5 Å². The van der Waals surface area contributed by atoms with E-state index < -0.39 is 12.1 Å². The topological polar surface area (TPSA) is 105 Å². The summed E-state index contributed by atoms with van der Waals surface area (Å²) in [5, 5.41) is 14.8. The Bertz CT molecular complexity index is 1010. The standard InChI is InChI=1S/C27H32N2O5/c1-2-17(14-15-25(30)31)28-26(32)22-12-7-13-24(22)29-27(33)34-16-23-20-10-5-3-8-18(20)19-9-4-6-11-21(19)23/h3-6,8-11,17,22-24H,2,7,12-16H2,1H3,(H,28,32)(H,29,33)(H,30,31)/t17?,22-,24+/m0/s1. The molecule has 0 aromatic heterocycles. The number of amides is 2. The molecular weight excluding hydrogens is 432 g/mol. The molecule has 2 aromatic carbocycles. The van der Waals surface area contributed by atoms with E-state index in [1.165, 1.54) is 11.1 Å². The van der Waals surface area contributed by atoms with Crippen LogP contribution >= 0.6 is 0 Å². The number of alkyl carbamates (subject to hydrolysis) is 1. The van der Waals surface area contributed by atoms with Crippen molar-refractivity contribution in [2.24, 2.45) is 5.92 Å². The van der Waals surface area contributed by atoms with Gasteiger partial charge in [0.1, 0.15) is 6.61 Å². The van der Waals surface area contributed by atoms with Crippen molar-refractivity contribution in [2.75, 3.05) is 6.61 Å². The van der Waals surface area contributed by atoms with Crippen LogP contribution in [0.5, 0.6) is 0 Å². The van der Waals surface area contributed by atoms with Crippen LogP contribution in [0.1, 0.15) is 62.5 Å². The molecule has 34 heavy (non-hydrogen) atoms. The van der Waals surface area contributed by atoms with Gasteiger partial charge in [-0.1, -0.05) is 61.9 Å². The first kappa shape index (κ1) is 23.8. The Hall–Kier alpha value is -3.35. The fourth-order valence-corrected chi connectivity index (χ4v) is 5.22. The number of carboxylic acids is 1. The predicted octanol–water partition coefficient (Wildman–Crippen LogP) is 4.45. The molecule has 2 aliphatic rings. The summed E-state index contributed by atoms with van der Waals surface area (Å²) in [6.45, 7) is 2.16. The molecule has 2 aromatic rings. The lowest BCUT2D eigenvalue weighted by Crippen LogP contribution is -2.46. The molecule has 3 atom stereocenters. The van der Waals surface area contributed by atoms with Crippen LogP contribution in [0.15, 0.2) is 48.5 Å². The van der Waals surface area contributed by atoms with E-state index in [1.807, 2.05) is 31.2 Å². The number of rotatable bonds is 9. The smallest absolute Gasteiger partial charge is 0.407 e. The summed E-state index contributed by atoms with van der Waals surface area (Å²) in [4.78, 5) is 36.4. The minimum atomic E-state index is -0.872. The van der Waals surface area contributed by atoms with Crippen LogP contribution in [0.3, 0.4) is 0 Å². The van der Waals surface area contributed by atoms with Crippen molar-refractivity contribution in [1.29, 1.82) is 0 Å². The molecule has 2 amide bonds. The van der Waals surface area contributed by atoms with Gasteiger partial charge in [0.05, 0.1) is 5.92 Å². The Morgan fingerprint density at radius 1 is 1.03 bits per heavy atom. The minimum absolute atomic E-state index is 0.0135. The Kier molecular flexibility index (Phi) is 7.50. The summed E-state index contributed by atoms with van der Waals surface area (Å²) in [6.07, 6.45) is 2.82. The molecule has 0 bridgehead atoms. The lowest BCUT2D eigenvalue weighted by molar-refractivity contribution is -0.137. The number of carboxylic acid groups (broad SMARTS) is 1. The highest BCUT2D eigenvalue weighted by Crippen LogP contribution is 2.44. The van der Waals surface area contributed by atoms with Gasteiger partial charge in [0.2, 0.25) is 5.91 Å². The third-order valence-corrected chi connectivity index (χ3v) is 7.05. The highest BCUT2D eigenvalue weighted by atomic mass is 16.5. The first-order valence-electron chi connectivity index (χ1n) is 12.1. The van der Waals surface area contributed by atoms with E-state index in [9.17, 15) is 14.4 Å². The van der Waals surface area contributed by atoms with Gasteiger partial charge in [0, 0.05) is 24.4 Å². The molecule has 1 saturated carbocycles. The first-order chi connectivity index (χ1) is 16.5. The van der Waals surface area contributed by atoms with Crippen molar-refractivity contribution < 1.29 is 24.2 Å². The van der Waals surface area contributed by atoms with E-state index >= 15 is 0 Å². The van der Waals surface area contributed by atoms with Crippen molar-refractivity contribution in [3.63, 3.8) is 0 Å². The maximum absolute atomic E-state index is 12.8. The molecule has 7 nitrogen and oxygen atoms in total. The summed E-state index contributed by atoms with van der Waals surface area (Å²) < 4.78 is 5.65. The van der Waals surface area contributed by atoms with E-state index in [4.69, 9.17) is 9.84 Å². The second-order valence-corrected chi connectivity index (χ2v) is 9.16. The van der Waals surface area contributed by atoms with E-state index in [-0.39, 0.29) is 42.9 Å². The van der Waals surface area contributed by atoms with Crippen molar-refractivity contribution in [3.05, 3.63) is 59.7 Å². The van der Waals surface area contributed by atoms with Crippen LogP contribution in [-0.4, -0.2) is 41.8 Å². The Labute approximate surface area is 199 Å². The SMILES string of the molecule is CCC(CCC(=O)O)NC(=O)[C@H]1CCC[C@H]1NC(=O)OCC1c2ccccc2-c2ccccc21. The Morgan fingerprint density at radius 3 is 2.29 bits per heavy atom. The molecule has 0 radical (unpaired) electrons. The number of hydrogen-bond acceptors (Lipinski definition) is 4. The fraction of sp³-hybridized carbons (Fsp3) is 0.444. The zero-order valence-corrected chi connectivity index (χ0v) is 19.5. The van der Waals surface area contributed by atoms with Crippen molar-refractivity contribution in [3.8, 4) is 11.1 Å². The second-order valence-electron chi connectivity index (χ2n) is 9.16. The number of benzene rings is 2. The summed E-state index contributed by atoms with van der Waals surface area (Å²) in [6, 6.07) is 15.9. The van der Waals surface area contributed by atoms with E-state index in [2.05, 4.69) is 34.9 Å². The van der Waals surface area contributed by atoms with Crippen LogP contribution in [0.2, 0.25) is 0 Å². The van der Waals surface area contributed by atoms with Gasteiger partial charge in [-0.25, -0.2) is 4.79 Å². The number of ether oxygens (including phenoxy) is 1. The van der Waals surface area contributed by atoms with Gasteiger partial charge >= 0.3 is 12.1 Å². The maximum Gasteiger partial charge on any atom is 0.407 e. The molecule has 180 valence electrons. The van der Waals surface area contributed by atoms with Crippen molar-refractivity contribution >= 4 is 18.0 Å². The largest absolute Gasteiger partial charge is 0.481 e. The normalized spacial score (nSPS) is 19.7. The summed E-state index contributed by atoms with van der Waals surface area (Å²) >= 11 is 0. The third-order valence-electron chi connectivity index (χ3n) is 7.05. The molecule has 0 saturated heterocycles. The molecular formula is C27H32N2O5. The third kappa shape index (κ3) is 5.24. The Balaban J connectivity index is 1.33. The quantitative estimate of drug-likeness (QED) is 0.508. The summed E-state index contributed by atoms with van der Waals surface area (Å²) in [7, 11) is 0. The number of hydrogen-bond donors (Lipinski definition) is 3. The van der Waals surface area contributed by atoms with Crippen molar-refractivity contribution in [2.45, 2.75) is 63.5 Å². The number of aliphatic carboxylic acids is 1. The van der Waals surface area contributed by atoms with Gasteiger partial charge in [0.15, 0.2) is 0 Å². The van der Waals surface area contributed by atoms with Crippen LogP contribution < -0.4 is 10.6 Å². The molecule has 3 N–H and O–H groups in total. The van der Waals surface area contributed by atoms with Gasteiger partial charge in [0.25, 0.3) is 0 Å². The van der Waals surface area contributed by atoms with Crippen LogP contribution in [0.4, 0.5) is 4.79 Å². The molecule has 1 fully saturated rings. The highest BCUT2D eigenvalue weighted by Gasteiger charge is 2.35. The predicted molar refractivity (Wildman–Crippen MR) is 128 cm³/mol. The number of carbonyl (C=O) groups is 3. The number of carbonyl (C=O) groups excluding carboxylic acids is 2. The lowest BCUT2D eigenvalue weighted by atomic mass is 9.98. The molecule has 0 heterocycles. The van der Waals surface area contributed by atoms with Crippen LogP contribution in [-0.2, 0) is 14.3 Å². The molecule has 1 unspecified atom stereocenters. The summed E-state index contributed by atoms with van der Waals surface area (Å²) in [5.74, 6) is -1.35. The highest BCUT2D eigenvalue weighted by molar-refractivity contribution is 5.81. The Morgan fingerprint density at radius 2 is 1.68 bits per heavy atom. The minimum Gasteiger partial charge on any atom is -0.481 e. The first-order valence-corrected chi connectivity index (χ1v) is 12.1. The molecule has 0 spiro atoms. The van der Waals surface area contributed by atoms with Crippen molar-refractivity contribution in [1.82, 2.24) is 10.6 Å². The average molecular weight is 465 g/mol. The van der Waals surface area contributed by atoms with E-state index in [0.29, 0.717) is 25.7 Å². The molecule has 7 heteroatoms. The molecule has 0 aliphatic heterocycles. The number of fused-ring (bicyclic) bond motifs is 3. The zero-order chi connectivity index (χ0) is 24.1. The molecule has 2 aliphatic carbocycles. The summed E-state index contributed by atoms with van der Waals surface area (Å²) in [5.41, 5.74) is 4.66. The van der Waals surface area contributed by atoms with E-state index in [1.54, 1.807) is 0 Å². The fourth-order valence-electron chi connectivity index (χ4n) is 5.22. The van der Waals surface area contributed by atoms with Crippen LogP contribution in [0.25, 0.3) is 11.1 Å². The molecule has 4 rings (SSSR count). The van der Waals surface area contributed by atoms with Crippen LogP contribution in [0, 0.1) is 5.92 Å². The maximum atomic E-state index is 12.8. The number of nitrogens with one attached hydrogen (secondary N) is 2. The van der Waals surface area contributed by atoms with Gasteiger partial charge in [-0.05, 0) is 47.9 Å². The second kappa shape index (κ2) is 10.7. The monoisotopic (exact) mass is 464 g/mol. The zero-order valence-electron chi connectivity index (χ0n) is 19.5.